The maximum atomic E-state index is 9.78. The molecule has 0 aromatic heterocycles. The van der Waals surface area contributed by atoms with Crippen LogP contribution in [-0.4, -0.2) is 10.2 Å². The number of rotatable bonds is 3. The van der Waals surface area contributed by atoms with Gasteiger partial charge in [0.1, 0.15) is 0 Å². The van der Waals surface area contributed by atoms with Gasteiger partial charge in [0, 0.05) is 0 Å². The van der Waals surface area contributed by atoms with Gasteiger partial charge in [-0.2, -0.15) is 4.67 Å². The first-order valence-electron chi connectivity index (χ1n) is 1.93. The maximum Gasteiger partial charge on any atom is 0.353 e. The van der Waals surface area contributed by atoms with Gasteiger partial charge in [-0.25, -0.2) is 9.57 Å². The van der Waals surface area contributed by atoms with Crippen molar-refractivity contribution in [3.63, 3.8) is 0 Å². The van der Waals surface area contributed by atoms with Crippen LogP contribution in [0.2, 0.25) is 0 Å². The Morgan fingerprint density at radius 3 is 1.80 bits per heavy atom. The van der Waals surface area contributed by atoms with E-state index in [1.807, 2.05) is 0 Å². The van der Waals surface area contributed by atoms with Gasteiger partial charge in [0.25, 0.3) is 0 Å². The van der Waals surface area contributed by atoms with Crippen LogP contribution in [0.1, 0.15) is 0 Å². The van der Waals surface area contributed by atoms with Crippen molar-refractivity contribution in [1.29, 1.82) is 0 Å². The molecule has 0 saturated heterocycles. The molecule has 0 spiro atoms. The Hall–Kier alpha value is 0.0400. The molecule has 62 valence electrons. The molecule has 0 saturated carbocycles. The van der Waals surface area contributed by atoms with E-state index >= 15 is 0 Å². The fourth-order valence-electron chi connectivity index (χ4n) is 0.0899. The van der Waals surface area contributed by atoms with Crippen LogP contribution in [0, 0.1) is 0 Å². The van der Waals surface area contributed by atoms with Crippen molar-refractivity contribution < 1.29 is 28.3 Å². The fourth-order valence-corrected chi connectivity index (χ4v) is 0.809. The van der Waals surface area contributed by atoms with E-state index in [0.717, 1.165) is 0 Å². The molecule has 0 heterocycles. The standard InChI is InChI=1S/C2H4.H4O6P2/c1-2;1-5-8(4)6-7(2)3/h1-2H2;1,7-8H,(H,2,3). The van der Waals surface area contributed by atoms with Crippen LogP contribution >= 0.6 is 16.5 Å². The highest BCUT2D eigenvalue weighted by molar-refractivity contribution is 7.46. The van der Waals surface area contributed by atoms with Gasteiger partial charge in [-0.15, -0.1) is 13.2 Å². The van der Waals surface area contributed by atoms with Crippen molar-refractivity contribution in [2.75, 3.05) is 0 Å². The first-order valence-corrected chi connectivity index (χ1v) is 4.42. The Morgan fingerprint density at radius 2 is 1.70 bits per heavy atom. The quantitative estimate of drug-likeness (QED) is 0.299. The minimum atomic E-state index is -3.25. The molecule has 10 heavy (non-hydrogen) atoms. The highest BCUT2D eigenvalue weighted by Gasteiger charge is 1.99. The minimum absolute atomic E-state index is 3.00. The van der Waals surface area contributed by atoms with Gasteiger partial charge in [-0.05, 0) is 0 Å². The third-order valence-corrected chi connectivity index (χ3v) is 1.76. The van der Waals surface area contributed by atoms with E-state index in [0.29, 0.717) is 0 Å². The molecule has 0 aliphatic heterocycles. The summed E-state index contributed by atoms with van der Waals surface area (Å²) >= 11 is 0. The molecule has 0 aromatic carbocycles. The fraction of sp³-hybridized carbons (Fsp3) is 0. The lowest BCUT2D eigenvalue weighted by Gasteiger charge is -1.91. The van der Waals surface area contributed by atoms with Gasteiger partial charge in [0.2, 0.25) is 0 Å². The van der Waals surface area contributed by atoms with Gasteiger partial charge >= 0.3 is 16.5 Å². The van der Waals surface area contributed by atoms with Crippen molar-refractivity contribution in [3.05, 3.63) is 13.2 Å². The molecule has 6 nitrogen and oxygen atoms in total. The summed E-state index contributed by atoms with van der Waals surface area (Å²) in [5, 5.41) is 7.46. The highest BCUT2D eigenvalue weighted by atomic mass is 31.2. The molecular weight excluding hydrogens is 182 g/mol. The smallest absolute Gasteiger partial charge is 0.326 e. The lowest BCUT2D eigenvalue weighted by Crippen LogP contribution is -1.67. The van der Waals surface area contributed by atoms with Gasteiger partial charge in [0.05, 0.1) is 0 Å². The van der Waals surface area contributed by atoms with E-state index < -0.39 is 16.5 Å². The molecule has 0 amide bonds. The van der Waals surface area contributed by atoms with Gasteiger partial charge in [0.15, 0.2) is 0 Å². The summed E-state index contributed by atoms with van der Waals surface area (Å²) < 4.78 is 26.0. The second-order valence-corrected chi connectivity index (χ2v) is 2.74. The molecular formula is C2H8O6P2. The Balaban J connectivity index is 0. The Bertz CT molecular complexity index is 123. The van der Waals surface area contributed by atoms with Gasteiger partial charge in [-0.1, -0.05) is 0 Å². The third kappa shape index (κ3) is 10.9. The van der Waals surface area contributed by atoms with Crippen LogP contribution in [-0.2, 0) is 18.1 Å². The lowest BCUT2D eigenvalue weighted by atomic mass is 11.3. The van der Waals surface area contributed by atoms with Crippen molar-refractivity contribution >= 4 is 16.5 Å². The molecule has 0 rings (SSSR count). The van der Waals surface area contributed by atoms with Gasteiger partial charge < -0.3 is 4.89 Å². The number of hydrogen-bond acceptors (Lipinski definition) is 5. The molecule has 0 radical (unpaired) electrons. The van der Waals surface area contributed by atoms with E-state index in [9.17, 15) is 9.13 Å². The third-order valence-electron chi connectivity index (χ3n) is 0.245. The molecule has 2 N–H and O–H groups in total. The van der Waals surface area contributed by atoms with Crippen molar-refractivity contribution in [2.45, 2.75) is 0 Å². The molecule has 8 heteroatoms. The van der Waals surface area contributed by atoms with E-state index in [4.69, 9.17) is 10.2 Å². The van der Waals surface area contributed by atoms with Gasteiger partial charge in [-0.3, -0.25) is 9.13 Å². The maximum absolute atomic E-state index is 9.78. The molecule has 0 aliphatic rings. The summed E-state index contributed by atoms with van der Waals surface area (Å²) in [7, 11) is -6.39. The number of hydrogen-bond donors (Lipinski definition) is 2. The zero-order valence-electron chi connectivity index (χ0n) is 4.94. The Morgan fingerprint density at radius 1 is 1.30 bits per heavy atom. The summed E-state index contributed by atoms with van der Waals surface area (Å²) in [6, 6.07) is 0. The van der Waals surface area contributed by atoms with Crippen LogP contribution in [0.25, 0.3) is 0 Å². The predicted molar refractivity (Wildman–Crippen MR) is 36.3 cm³/mol. The zero-order chi connectivity index (χ0) is 8.57. The molecule has 0 bridgehead atoms. The summed E-state index contributed by atoms with van der Waals surface area (Å²) in [4.78, 5) is 7.81. The van der Waals surface area contributed by atoms with Crippen LogP contribution < -0.4 is 0 Å². The van der Waals surface area contributed by atoms with Crippen LogP contribution in [0.15, 0.2) is 13.2 Å². The zero-order valence-corrected chi connectivity index (χ0v) is 6.94. The summed E-state index contributed by atoms with van der Waals surface area (Å²) in [6.45, 7) is 6.00. The predicted octanol–water partition coefficient (Wildman–Crippen LogP) is 1.07. The molecule has 0 fully saturated rings. The summed E-state index contributed by atoms with van der Waals surface area (Å²) in [5.74, 6) is 0. The van der Waals surface area contributed by atoms with Crippen molar-refractivity contribution in [2.24, 2.45) is 0 Å². The molecule has 0 aromatic rings. The Labute approximate surface area is 58.9 Å². The SMILES string of the molecule is C=C.O=[PH](O)O[PH](=O)OO. The normalized spacial score (nSPS) is 14.6. The molecule has 0 aliphatic carbocycles. The van der Waals surface area contributed by atoms with Crippen LogP contribution in [0.4, 0.5) is 0 Å². The topological polar surface area (TPSA) is 93.1 Å². The highest BCUT2D eigenvalue weighted by Crippen LogP contribution is 2.34. The summed E-state index contributed by atoms with van der Waals surface area (Å²) in [5.41, 5.74) is 0. The largest absolute Gasteiger partial charge is 0.353 e. The average molecular weight is 190 g/mol. The second-order valence-electron chi connectivity index (χ2n) is 0.709. The van der Waals surface area contributed by atoms with E-state index in [1.54, 1.807) is 0 Å². The minimum Gasteiger partial charge on any atom is -0.326 e. The van der Waals surface area contributed by atoms with Crippen molar-refractivity contribution in [3.8, 4) is 0 Å². The average Bonchev–Trinajstić information content (AvgIpc) is 1.91. The monoisotopic (exact) mass is 190 g/mol. The first-order chi connectivity index (χ1) is 4.66. The molecule has 2 atom stereocenters. The first kappa shape index (κ1) is 12.7. The Kier molecular flexibility index (Phi) is 11.5. The molecule has 2 unspecified atom stereocenters. The lowest BCUT2D eigenvalue weighted by molar-refractivity contribution is -0.137. The van der Waals surface area contributed by atoms with Crippen molar-refractivity contribution in [1.82, 2.24) is 0 Å². The van der Waals surface area contributed by atoms with E-state index in [-0.39, 0.29) is 0 Å². The van der Waals surface area contributed by atoms with E-state index in [1.165, 1.54) is 0 Å². The second kappa shape index (κ2) is 9.04. The van der Waals surface area contributed by atoms with E-state index in [2.05, 4.69) is 22.1 Å². The van der Waals surface area contributed by atoms with Crippen LogP contribution in [0.3, 0.4) is 0 Å². The summed E-state index contributed by atoms with van der Waals surface area (Å²) in [6.07, 6.45) is 0. The van der Waals surface area contributed by atoms with Crippen LogP contribution in [0.5, 0.6) is 0 Å².